The third-order valence-electron chi connectivity index (χ3n) is 7.51. The number of fused-ring (bicyclic) bond motifs is 6. The zero-order chi connectivity index (χ0) is 26.2. The number of hydrogen-bond donors (Lipinski definition) is 3. The number of carbonyl (C=O) groups excluding carboxylic acids is 2. The molecule has 2 atom stereocenters. The van der Waals surface area contributed by atoms with E-state index in [9.17, 15) is 19.8 Å². The van der Waals surface area contributed by atoms with Crippen molar-refractivity contribution < 1.29 is 24.5 Å². The normalized spacial score (nSPS) is 14.7. The Labute approximate surface area is 220 Å². The Balaban J connectivity index is 1.03. The topological polar surface area (TPSA) is 95.9 Å². The predicted molar refractivity (Wildman–Crippen MR) is 144 cm³/mol. The maximum Gasteiger partial charge on any atom is 0.407 e. The highest BCUT2D eigenvalue weighted by Crippen LogP contribution is 2.44. The molecule has 6 heteroatoms. The van der Waals surface area contributed by atoms with Crippen LogP contribution in [0.5, 0.6) is 0 Å². The second-order valence-electron chi connectivity index (χ2n) is 9.73. The monoisotopic (exact) mass is 505 g/mol. The zero-order valence-electron chi connectivity index (χ0n) is 20.6. The maximum absolute atomic E-state index is 12.8. The largest absolute Gasteiger partial charge is 0.449 e. The number of nitrogens with one attached hydrogen (secondary N) is 1. The van der Waals surface area contributed by atoms with E-state index in [0.29, 0.717) is 16.7 Å². The molecule has 4 aromatic carbocycles. The third kappa shape index (κ3) is 4.18. The van der Waals surface area contributed by atoms with Gasteiger partial charge in [0, 0.05) is 23.6 Å². The van der Waals surface area contributed by atoms with Crippen molar-refractivity contribution in [3.8, 4) is 22.3 Å². The fraction of sp³-hybridized carbons (Fsp3) is 0.188. The Hall–Kier alpha value is -4.26. The van der Waals surface area contributed by atoms with Crippen LogP contribution in [0.15, 0.2) is 91.0 Å². The second kappa shape index (κ2) is 9.89. The molecule has 190 valence electrons. The number of ether oxygens (including phenoxy) is 1. The van der Waals surface area contributed by atoms with Crippen LogP contribution < -0.4 is 5.32 Å². The Morgan fingerprint density at radius 1 is 0.763 bits per heavy atom. The van der Waals surface area contributed by atoms with E-state index in [-0.39, 0.29) is 31.3 Å². The Morgan fingerprint density at radius 2 is 1.34 bits per heavy atom. The van der Waals surface area contributed by atoms with Crippen LogP contribution in [0, 0.1) is 0 Å². The van der Waals surface area contributed by atoms with E-state index in [1.165, 1.54) is 0 Å². The Bertz CT molecular complexity index is 1500. The van der Waals surface area contributed by atoms with Crippen LogP contribution in [0.1, 0.15) is 51.1 Å². The van der Waals surface area contributed by atoms with Crippen LogP contribution in [0.3, 0.4) is 0 Å². The van der Waals surface area contributed by atoms with Crippen molar-refractivity contribution in [3.05, 3.63) is 119 Å². The molecule has 1 amide bonds. The molecule has 0 spiro atoms. The molecule has 38 heavy (non-hydrogen) atoms. The quantitative estimate of drug-likeness (QED) is 0.282. The first-order valence-electron chi connectivity index (χ1n) is 12.8. The molecule has 2 aliphatic rings. The van der Waals surface area contributed by atoms with Crippen molar-refractivity contribution in [2.75, 3.05) is 13.2 Å². The van der Waals surface area contributed by atoms with Gasteiger partial charge < -0.3 is 20.3 Å². The summed E-state index contributed by atoms with van der Waals surface area (Å²) in [5.41, 5.74) is 7.91. The molecule has 0 radical (unpaired) electrons. The van der Waals surface area contributed by atoms with Gasteiger partial charge in [-0.3, -0.25) is 4.79 Å². The minimum Gasteiger partial charge on any atom is -0.449 e. The molecule has 6 nitrogen and oxygen atoms in total. The van der Waals surface area contributed by atoms with Crippen molar-refractivity contribution in [3.63, 3.8) is 0 Å². The smallest absolute Gasteiger partial charge is 0.407 e. The molecule has 0 saturated carbocycles. The average Bonchev–Trinajstić information content (AvgIpc) is 3.43. The minimum absolute atomic E-state index is 0.0331. The lowest BCUT2D eigenvalue weighted by Crippen LogP contribution is -2.30. The van der Waals surface area contributed by atoms with E-state index >= 15 is 0 Å². The highest BCUT2D eigenvalue weighted by Gasteiger charge is 2.30. The SMILES string of the molecule is O=C(NCCC(O)C(O)c1ccc2c(c1)C(=O)c1ccccc1-2)OCC1c2ccccc2-c2ccccc21. The molecule has 0 fully saturated rings. The van der Waals surface area contributed by atoms with E-state index in [4.69, 9.17) is 4.74 Å². The maximum atomic E-state index is 12.8. The summed E-state index contributed by atoms with van der Waals surface area (Å²) >= 11 is 0. The van der Waals surface area contributed by atoms with Crippen LogP contribution in [-0.2, 0) is 4.74 Å². The van der Waals surface area contributed by atoms with E-state index in [2.05, 4.69) is 29.6 Å². The van der Waals surface area contributed by atoms with Crippen molar-refractivity contribution in [2.24, 2.45) is 0 Å². The van der Waals surface area contributed by atoms with E-state index in [0.717, 1.165) is 33.4 Å². The highest BCUT2D eigenvalue weighted by atomic mass is 16.5. The molecular formula is C32H27NO5. The van der Waals surface area contributed by atoms with Crippen LogP contribution in [0.4, 0.5) is 4.79 Å². The summed E-state index contributed by atoms with van der Waals surface area (Å²) in [6.45, 7) is 0.334. The van der Waals surface area contributed by atoms with Gasteiger partial charge in [-0.2, -0.15) is 0 Å². The molecule has 0 saturated heterocycles. The lowest BCUT2D eigenvalue weighted by molar-refractivity contribution is 0.0136. The van der Waals surface area contributed by atoms with Crippen molar-refractivity contribution in [1.29, 1.82) is 0 Å². The first kappa shape index (κ1) is 24.1. The summed E-state index contributed by atoms with van der Waals surface area (Å²) in [4.78, 5) is 25.2. The number of alkyl carbamates (subject to hydrolysis) is 1. The van der Waals surface area contributed by atoms with Gasteiger partial charge in [0.2, 0.25) is 0 Å². The van der Waals surface area contributed by atoms with E-state index < -0.39 is 18.3 Å². The van der Waals surface area contributed by atoms with Crippen LogP contribution in [-0.4, -0.2) is 41.3 Å². The fourth-order valence-corrected chi connectivity index (χ4v) is 5.58. The number of rotatable bonds is 7. The number of benzene rings is 4. The molecule has 2 aliphatic carbocycles. The van der Waals surface area contributed by atoms with Gasteiger partial charge in [0.05, 0.1) is 6.10 Å². The lowest BCUT2D eigenvalue weighted by atomic mass is 9.97. The molecule has 0 bridgehead atoms. The molecule has 2 unspecified atom stereocenters. The van der Waals surface area contributed by atoms with Gasteiger partial charge in [-0.1, -0.05) is 84.9 Å². The highest BCUT2D eigenvalue weighted by molar-refractivity contribution is 6.21. The summed E-state index contributed by atoms with van der Waals surface area (Å²) < 4.78 is 5.53. The van der Waals surface area contributed by atoms with Crippen LogP contribution in [0.2, 0.25) is 0 Å². The molecule has 4 aromatic rings. The second-order valence-corrected chi connectivity index (χ2v) is 9.73. The van der Waals surface area contributed by atoms with Gasteiger partial charge in [0.25, 0.3) is 0 Å². The molecule has 0 heterocycles. The summed E-state index contributed by atoms with van der Waals surface area (Å²) in [6, 6.07) is 28.8. The molecule has 0 aliphatic heterocycles. The van der Waals surface area contributed by atoms with E-state index in [1.807, 2.05) is 42.5 Å². The Morgan fingerprint density at radius 3 is 2.03 bits per heavy atom. The first-order valence-corrected chi connectivity index (χ1v) is 12.8. The third-order valence-corrected chi connectivity index (χ3v) is 7.51. The van der Waals surface area contributed by atoms with Crippen molar-refractivity contribution >= 4 is 11.9 Å². The van der Waals surface area contributed by atoms with Crippen molar-refractivity contribution in [1.82, 2.24) is 5.32 Å². The number of hydrogen-bond acceptors (Lipinski definition) is 5. The standard InChI is InChI=1S/C32H27NO5/c34-29(30(35)19-13-14-25-22-9-5-6-12-26(22)31(36)27(25)17-19)15-16-33-32(37)38-18-28-23-10-3-1-7-20(23)21-8-2-4-11-24(21)28/h1-14,17,28-30,34-35H,15-16,18H2,(H,33,37). The van der Waals surface area contributed by atoms with Gasteiger partial charge in [-0.05, 0) is 51.4 Å². The Kier molecular flexibility index (Phi) is 6.27. The van der Waals surface area contributed by atoms with Gasteiger partial charge in [-0.25, -0.2) is 4.79 Å². The molecular weight excluding hydrogens is 478 g/mol. The lowest BCUT2D eigenvalue weighted by Gasteiger charge is -2.19. The van der Waals surface area contributed by atoms with Crippen LogP contribution in [0.25, 0.3) is 22.3 Å². The van der Waals surface area contributed by atoms with Crippen LogP contribution >= 0.6 is 0 Å². The number of ketones is 1. The molecule has 3 N–H and O–H groups in total. The average molecular weight is 506 g/mol. The number of aliphatic hydroxyl groups excluding tert-OH is 2. The van der Waals surface area contributed by atoms with Gasteiger partial charge in [0.15, 0.2) is 5.78 Å². The van der Waals surface area contributed by atoms with Gasteiger partial charge in [0.1, 0.15) is 12.7 Å². The first-order chi connectivity index (χ1) is 18.5. The minimum atomic E-state index is -1.19. The number of amides is 1. The van der Waals surface area contributed by atoms with Gasteiger partial charge >= 0.3 is 6.09 Å². The number of carbonyl (C=O) groups is 2. The molecule has 0 aromatic heterocycles. The summed E-state index contributed by atoms with van der Waals surface area (Å²) in [5, 5.41) is 23.9. The molecule has 6 rings (SSSR count). The summed E-state index contributed by atoms with van der Waals surface area (Å²) in [6.07, 6.45) is -2.77. The zero-order valence-corrected chi connectivity index (χ0v) is 20.6. The summed E-state index contributed by atoms with van der Waals surface area (Å²) in [5.74, 6) is -0.120. The van der Waals surface area contributed by atoms with Gasteiger partial charge in [-0.15, -0.1) is 0 Å². The number of aliphatic hydroxyl groups is 2. The van der Waals surface area contributed by atoms with E-state index in [1.54, 1.807) is 24.3 Å². The fourth-order valence-electron chi connectivity index (χ4n) is 5.58. The van der Waals surface area contributed by atoms with Crippen molar-refractivity contribution in [2.45, 2.75) is 24.5 Å². The summed E-state index contributed by atoms with van der Waals surface area (Å²) in [7, 11) is 0. The predicted octanol–water partition coefficient (Wildman–Crippen LogP) is 5.22.